The van der Waals surface area contributed by atoms with E-state index in [1.165, 1.54) is 17.8 Å². The highest BCUT2D eigenvalue weighted by Gasteiger charge is 2.31. The molecule has 0 amide bonds. The van der Waals surface area contributed by atoms with Gasteiger partial charge < -0.3 is 0 Å². The minimum Gasteiger partial charge on any atom is -0.166 e. The van der Waals surface area contributed by atoms with Crippen LogP contribution in [0, 0.1) is 0 Å². The zero-order valence-corrected chi connectivity index (χ0v) is 11.3. The number of alkyl halides is 3. The lowest BCUT2D eigenvalue weighted by molar-refractivity contribution is -0.137. The topological polar surface area (TPSA) is 0 Å². The molecular weight excluding hydrogens is 293 g/mol. The first kappa shape index (κ1) is 14.3. The summed E-state index contributed by atoms with van der Waals surface area (Å²) in [4.78, 5) is 2.05. The fourth-order valence-corrected chi connectivity index (χ4v) is 3.12. The van der Waals surface area contributed by atoms with Crippen LogP contribution in [0.15, 0.2) is 52.3 Å². The number of benzene rings is 2. The van der Waals surface area contributed by atoms with E-state index in [1.54, 1.807) is 6.07 Å². The monoisotopic (exact) mass is 302 g/mol. The van der Waals surface area contributed by atoms with Crippen LogP contribution in [0.2, 0.25) is 0 Å². The van der Waals surface area contributed by atoms with Crippen LogP contribution in [-0.2, 0) is 12.6 Å². The molecule has 0 aliphatic carbocycles. The first-order chi connectivity index (χ1) is 8.54. The van der Waals surface area contributed by atoms with Crippen molar-refractivity contribution in [1.82, 2.24) is 0 Å². The van der Waals surface area contributed by atoms with Gasteiger partial charge in [0.05, 0.1) is 5.56 Å². The number of halogens is 4. The van der Waals surface area contributed by atoms with Gasteiger partial charge in [0, 0.05) is 9.79 Å². The first-order valence-electron chi connectivity index (χ1n) is 5.50. The van der Waals surface area contributed by atoms with Gasteiger partial charge in [0.1, 0.15) is 0 Å². The molecule has 100 valence electrons. The van der Waals surface area contributed by atoms with Crippen molar-refractivity contribution in [2.45, 2.75) is 22.4 Å². The van der Waals surface area contributed by atoms with Gasteiger partial charge in [0.15, 0.2) is 0 Å². The van der Waals surface area contributed by atoms with E-state index >= 15 is 0 Å². The zero-order chi connectivity index (χ0) is 12.8. The lowest BCUT2D eigenvalue weighted by atomic mass is 10.0. The molecule has 2 aromatic rings. The standard InChI is InChI=1S/C14H9F3S.ClH/c15-14(16,17)11-5-6-13-10(8-11)7-9-3-1-2-4-12(9)18-13;/h1-6,8H,7H2;1H. The van der Waals surface area contributed by atoms with Crippen molar-refractivity contribution >= 4 is 24.2 Å². The molecule has 0 fully saturated rings. The summed E-state index contributed by atoms with van der Waals surface area (Å²) >= 11 is 1.53. The Bertz CT molecular complexity index is 608. The smallest absolute Gasteiger partial charge is 0.166 e. The van der Waals surface area contributed by atoms with Gasteiger partial charge in [0.2, 0.25) is 0 Å². The van der Waals surface area contributed by atoms with E-state index < -0.39 is 11.7 Å². The Morgan fingerprint density at radius 1 is 0.895 bits per heavy atom. The summed E-state index contributed by atoms with van der Waals surface area (Å²) in [6.07, 6.45) is -3.70. The molecule has 0 nitrogen and oxygen atoms in total. The van der Waals surface area contributed by atoms with Gasteiger partial charge in [-0.2, -0.15) is 13.2 Å². The third kappa shape index (κ3) is 2.74. The van der Waals surface area contributed by atoms with Crippen LogP contribution < -0.4 is 0 Å². The molecule has 2 aromatic carbocycles. The van der Waals surface area contributed by atoms with Gasteiger partial charge in [0.25, 0.3) is 0 Å². The average molecular weight is 303 g/mol. The Balaban J connectivity index is 0.00000133. The van der Waals surface area contributed by atoms with Crippen LogP contribution in [0.3, 0.4) is 0 Å². The van der Waals surface area contributed by atoms with E-state index in [1.807, 2.05) is 24.3 Å². The van der Waals surface area contributed by atoms with Crippen molar-refractivity contribution in [2.24, 2.45) is 0 Å². The predicted molar refractivity (Wildman–Crippen MR) is 72.1 cm³/mol. The third-order valence-corrected chi connectivity index (χ3v) is 4.20. The molecule has 0 saturated carbocycles. The van der Waals surface area contributed by atoms with Crippen molar-refractivity contribution in [1.29, 1.82) is 0 Å². The van der Waals surface area contributed by atoms with Crippen LogP contribution in [0.1, 0.15) is 16.7 Å². The molecule has 5 heteroatoms. The van der Waals surface area contributed by atoms with Crippen molar-refractivity contribution in [3.63, 3.8) is 0 Å². The molecule has 0 N–H and O–H groups in total. The summed E-state index contributed by atoms with van der Waals surface area (Å²) in [5.74, 6) is 0. The van der Waals surface area contributed by atoms with Crippen LogP contribution in [0.5, 0.6) is 0 Å². The lowest BCUT2D eigenvalue weighted by Crippen LogP contribution is -2.07. The zero-order valence-electron chi connectivity index (χ0n) is 9.70. The largest absolute Gasteiger partial charge is 0.416 e. The molecule has 0 radical (unpaired) electrons. The van der Waals surface area contributed by atoms with E-state index in [2.05, 4.69) is 0 Å². The molecule has 0 bridgehead atoms. The number of rotatable bonds is 0. The quantitative estimate of drug-likeness (QED) is 0.551. The highest BCUT2D eigenvalue weighted by atomic mass is 35.5. The van der Waals surface area contributed by atoms with Gasteiger partial charge >= 0.3 is 6.18 Å². The van der Waals surface area contributed by atoms with E-state index in [-0.39, 0.29) is 12.4 Å². The molecular formula is C14H10ClF3S. The second-order valence-corrected chi connectivity index (χ2v) is 5.29. The first-order valence-corrected chi connectivity index (χ1v) is 6.31. The van der Waals surface area contributed by atoms with Crippen LogP contribution >= 0.6 is 24.2 Å². The third-order valence-electron chi connectivity index (χ3n) is 2.96. The maximum Gasteiger partial charge on any atom is 0.416 e. The maximum absolute atomic E-state index is 12.6. The van der Waals surface area contributed by atoms with Gasteiger partial charge in [-0.3, -0.25) is 0 Å². The molecule has 1 heterocycles. The molecule has 0 aromatic heterocycles. The summed E-state index contributed by atoms with van der Waals surface area (Å²) in [5.41, 5.74) is 1.28. The van der Waals surface area contributed by atoms with Gasteiger partial charge in [-0.25, -0.2) is 0 Å². The summed E-state index contributed by atoms with van der Waals surface area (Å²) in [5, 5.41) is 0. The van der Waals surface area contributed by atoms with Crippen molar-refractivity contribution in [3.8, 4) is 0 Å². The second-order valence-electron chi connectivity index (χ2n) is 4.21. The molecule has 3 rings (SSSR count). The summed E-state index contributed by atoms with van der Waals surface area (Å²) < 4.78 is 37.9. The molecule has 1 aliphatic heterocycles. The lowest BCUT2D eigenvalue weighted by Gasteiger charge is -2.20. The highest BCUT2D eigenvalue weighted by Crippen LogP contribution is 2.41. The molecule has 1 aliphatic rings. The molecule has 0 unspecified atom stereocenters. The fraction of sp³-hybridized carbons (Fsp3) is 0.143. The van der Waals surface area contributed by atoms with Gasteiger partial charge in [-0.15, -0.1) is 12.4 Å². The Kier molecular flexibility index (Phi) is 3.83. The maximum atomic E-state index is 12.6. The van der Waals surface area contributed by atoms with Crippen molar-refractivity contribution in [3.05, 3.63) is 59.2 Å². The molecule has 0 saturated heterocycles. The Morgan fingerprint density at radius 2 is 1.58 bits per heavy atom. The van der Waals surface area contributed by atoms with Crippen molar-refractivity contribution in [2.75, 3.05) is 0 Å². The Hall–Kier alpha value is -1.13. The van der Waals surface area contributed by atoms with Crippen molar-refractivity contribution < 1.29 is 13.2 Å². The van der Waals surface area contributed by atoms with E-state index in [4.69, 9.17) is 0 Å². The van der Waals surface area contributed by atoms with E-state index in [0.717, 1.165) is 27.0 Å². The van der Waals surface area contributed by atoms with E-state index in [0.29, 0.717) is 6.42 Å². The predicted octanol–water partition coefficient (Wildman–Crippen LogP) is 5.18. The number of fused-ring (bicyclic) bond motifs is 2. The SMILES string of the molecule is Cl.FC(F)(F)c1ccc2c(c1)Cc1ccccc1S2. The molecule has 19 heavy (non-hydrogen) atoms. The summed E-state index contributed by atoms with van der Waals surface area (Å²) in [7, 11) is 0. The summed E-state index contributed by atoms with van der Waals surface area (Å²) in [6.45, 7) is 0. The minimum atomic E-state index is -4.27. The van der Waals surface area contributed by atoms with Gasteiger partial charge in [-0.1, -0.05) is 30.0 Å². The number of hydrogen-bond donors (Lipinski definition) is 0. The van der Waals surface area contributed by atoms with Crippen LogP contribution in [-0.4, -0.2) is 0 Å². The number of hydrogen-bond acceptors (Lipinski definition) is 1. The normalized spacial score (nSPS) is 13.2. The molecule has 0 spiro atoms. The summed E-state index contributed by atoms with van der Waals surface area (Å²) in [6, 6.07) is 11.8. The van der Waals surface area contributed by atoms with Gasteiger partial charge in [-0.05, 0) is 41.8 Å². The fourth-order valence-electron chi connectivity index (χ4n) is 2.07. The average Bonchev–Trinajstić information content (AvgIpc) is 2.34. The Labute approximate surface area is 119 Å². The van der Waals surface area contributed by atoms with Crippen LogP contribution in [0.25, 0.3) is 0 Å². The Morgan fingerprint density at radius 3 is 2.32 bits per heavy atom. The van der Waals surface area contributed by atoms with Crippen LogP contribution in [0.4, 0.5) is 13.2 Å². The molecule has 0 atom stereocenters. The van der Waals surface area contributed by atoms with E-state index in [9.17, 15) is 13.2 Å². The highest BCUT2D eigenvalue weighted by molar-refractivity contribution is 7.99. The second kappa shape index (κ2) is 5.10. The minimum absolute atomic E-state index is 0.